The fourth-order valence-corrected chi connectivity index (χ4v) is 3.10. The molecule has 1 fully saturated rings. The lowest BCUT2D eigenvalue weighted by molar-refractivity contribution is -0.121. The Morgan fingerprint density at radius 3 is 2.73 bits per heavy atom. The Morgan fingerprint density at radius 2 is 1.96 bits per heavy atom. The Bertz CT molecular complexity index is 769. The van der Waals surface area contributed by atoms with E-state index in [9.17, 15) is 14.0 Å². The minimum atomic E-state index is -0.457. The van der Waals surface area contributed by atoms with Gasteiger partial charge in [-0.25, -0.2) is 4.39 Å². The van der Waals surface area contributed by atoms with E-state index in [2.05, 4.69) is 15.8 Å². The van der Waals surface area contributed by atoms with Crippen LogP contribution in [0.3, 0.4) is 0 Å². The smallest absolute Gasteiger partial charge is 0.273 e. The molecular weight excluding hydrogens is 337 g/mol. The van der Waals surface area contributed by atoms with Gasteiger partial charge in [0.25, 0.3) is 5.91 Å². The lowest BCUT2D eigenvalue weighted by Crippen LogP contribution is -2.38. The molecule has 1 aliphatic rings. The molecule has 1 heterocycles. The standard InChI is InChI=1S/C19H22FN3O3/c20-15-9-5-4-8-14(15)17-12-16(23-26-17)19(25)21-11-10-18(24)22-13-6-2-1-3-7-13/h4-5,8-9,12-13H,1-3,6-7,10-11H2,(H,21,25)(H,22,24). The second-order valence-electron chi connectivity index (χ2n) is 6.46. The van der Waals surface area contributed by atoms with E-state index >= 15 is 0 Å². The summed E-state index contributed by atoms with van der Waals surface area (Å²) >= 11 is 0. The molecule has 0 aliphatic heterocycles. The van der Waals surface area contributed by atoms with E-state index < -0.39 is 11.7 Å². The van der Waals surface area contributed by atoms with Crippen molar-refractivity contribution in [1.82, 2.24) is 15.8 Å². The summed E-state index contributed by atoms with van der Waals surface area (Å²) in [7, 11) is 0. The highest BCUT2D eigenvalue weighted by molar-refractivity contribution is 5.93. The Labute approximate surface area is 151 Å². The number of carbonyl (C=O) groups is 2. The first kappa shape index (κ1) is 18.1. The number of hydrogen-bond donors (Lipinski definition) is 2. The number of nitrogens with one attached hydrogen (secondary N) is 2. The van der Waals surface area contributed by atoms with E-state index in [1.54, 1.807) is 18.2 Å². The van der Waals surface area contributed by atoms with Gasteiger partial charge in [0.15, 0.2) is 11.5 Å². The molecule has 1 saturated carbocycles. The lowest BCUT2D eigenvalue weighted by Gasteiger charge is -2.22. The van der Waals surface area contributed by atoms with Crippen LogP contribution in [0, 0.1) is 5.82 Å². The van der Waals surface area contributed by atoms with Gasteiger partial charge in [-0.15, -0.1) is 0 Å². The zero-order valence-electron chi connectivity index (χ0n) is 14.5. The van der Waals surface area contributed by atoms with E-state index in [-0.39, 0.29) is 41.9 Å². The summed E-state index contributed by atoms with van der Waals surface area (Å²) in [5.74, 6) is -0.788. The number of carbonyl (C=O) groups excluding carboxylic acids is 2. The molecule has 0 bridgehead atoms. The molecule has 0 unspecified atom stereocenters. The summed E-state index contributed by atoms with van der Waals surface area (Å²) in [6, 6.07) is 7.74. The summed E-state index contributed by atoms with van der Waals surface area (Å²) in [5, 5.41) is 9.30. The van der Waals surface area contributed by atoms with E-state index in [0.29, 0.717) is 0 Å². The van der Waals surface area contributed by atoms with Gasteiger partial charge >= 0.3 is 0 Å². The predicted molar refractivity (Wildman–Crippen MR) is 93.9 cm³/mol. The van der Waals surface area contributed by atoms with Crippen molar-refractivity contribution in [2.75, 3.05) is 6.54 Å². The van der Waals surface area contributed by atoms with Gasteiger partial charge in [0.1, 0.15) is 5.82 Å². The molecule has 6 nitrogen and oxygen atoms in total. The highest BCUT2D eigenvalue weighted by Gasteiger charge is 2.17. The topological polar surface area (TPSA) is 84.2 Å². The fourth-order valence-electron chi connectivity index (χ4n) is 3.10. The summed E-state index contributed by atoms with van der Waals surface area (Å²) < 4.78 is 18.8. The minimum absolute atomic E-state index is 0.0518. The van der Waals surface area contributed by atoms with Crippen LogP contribution in [-0.4, -0.2) is 29.6 Å². The number of halogens is 1. The Hall–Kier alpha value is -2.70. The second-order valence-corrected chi connectivity index (χ2v) is 6.46. The van der Waals surface area contributed by atoms with Gasteiger partial charge in [0.05, 0.1) is 5.56 Å². The van der Waals surface area contributed by atoms with Crippen molar-refractivity contribution in [3.05, 3.63) is 41.8 Å². The zero-order chi connectivity index (χ0) is 18.4. The van der Waals surface area contributed by atoms with Crippen LogP contribution < -0.4 is 10.6 Å². The maximum Gasteiger partial charge on any atom is 0.273 e. The van der Waals surface area contributed by atoms with Gasteiger partial charge in [0.2, 0.25) is 5.91 Å². The summed E-state index contributed by atoms with van der Waals surface area (Å²) in [5.41, 5.74) is 0.293. The van der Waals surface area contributed by atoms with Gasteiger partial charge in [-0.3, -0.25) is 9.59 Å². The molecule has 2 N–H and O–H groups in total. The molecule has 3 rings (SSSR count). The van der Waals surface area contributed by atoms with Crippen LogP contribution in [0.25, 0.3) is 11.3 Å². The normalized spacial score (nSPS) is 14.8. The molecule has 2 aromatic rings. The molecule has 0 radical (unpaired) electrons. The van der Waals surface area contributed by atoms with Crippen LogP contribution in [0.1, 0.15) is 49.0 Å². The van der Waals surface area contributed by atoms with Crippen LogP contribution in [0.2, 0.25) is 0 Å². The SMILES string of the molecule is O=C(CCNC(=O)c1cc(-c2ccccc2F)on1)NC1CCCCC1. The monoisotopic (exact) mass is 359 g/mol. The number of amides is 2. The summed E-state index contributed by atoms with van der Waals surface area (Å²) in [6.07, 6.45) is 5.79. The number of benzene rings is 1. The molecule has 1 aliphatic carbocycles. The molecule has 138 valence electrons. The Morgan fingerprint density at radius 1 is 1.19 bits per heavy atom. The highest BCUT2D eigenvalue weighted by atomic mass is 19.1. The third kappa shape index (κ3) is 4.68. The average Bonchev–Trinajstić information content (AvgIpc) is 3.13. The first-order chi connectivity index (χ1) is 12.6. The van der Waals surface area contributed by atoms with Crippen molar-refractivity contribution in [2.45, 2.75) is 44.6 Å². The molecule has 26 heavy (non-hydrogen) atoms. The summed E-state index contributed by atoms with van der Waals surface area (Å²) in [6.45, 7) is 0.208. The molecule has 0 spiro atoms. The van der Waals surface area contributed by atoms with Crippen LogP contribution in [0.4, 0.5) is 4.39 Å². The maximum absolute atomic E-state index is 13.7. The largest absolute Gasteiger partial charge is 0.355 e. The molecular formula is C19H22FN3O3. The van der Waals surface area contributed by atoms with E-state index in [1.165, 1.54) is 18.6 Å². The number of aromatic nitrogens is 1. The van der Waals surface area contributed by atoms with Crippen molar-refractivity contribution in [2.24, 2.45) is 0 Å². The van der Waals surface area contributed by atoms with Gasteiger partial charge < -0.3 is 15.2 Å². The number of nitrogens with zero attached hydrogens (tertiary/aromatic N) is 1. The lowest BCUT2D eigenvalue weighted by atomic mass is 9.95. The van der Waals surface area contributed by atoms with Crippen molar-refractivity contribution in [3.8, 4) is 11.3 Å². The van der Waals surface area contributed by atoms with Gasteiger partial charge in [0, 0.05) is 25.1 Å². The maximum atomic E-state index is 13.7. The highest BCUT2D eigenvalue weighted by Crippen LogP contribution is 2.23. The predicted octanol–water partition coefficient (Wildman–Crippen LogP) is 3.05. The molecule has 0 atom stereocenters. The molecule has 2 amide bonds. The molecule has 1 aromatic heterocycles. The minimum Gasteiger partial charge on any atom is -0.355 e. The first-order valence-corrected chi connectivity index (χ1v) is 8.92. The van der Waals surface area contributed by atoms with Gasteiger partial charge in [-0.2, -0.15) is 0 Å². The fraction of sp³-hybridized carbons (Fsp3) is 0.421. The van der Waals surface area contributed by atoms with Crippen LogP contribution >= 0.6 is 0 Å². The van der Waals surface area contributed by atoms with Crippen molar-refractivity contribution in [3.63, 3.8) is 0 Å². The zero-order valence-corrected chi connectivity index (χ0v) is 14.5. The number of hydrogen-bond acceptors (Lipinski definition) is 4. The van der Waals surface area contributed by atoms with E-state index in [4.69, 9.17) is 4.52 Å². The van der Waals surface area contributed by atoms with Crippen molar-refractivity contribution < 1.29 is 18.5 Å². The molecule has 7 heteroatoms. The van der Waals surface area contributed by atoms with Crippen LogP contribution in [-0.2, 0) is 4.79 Å². The third-order valence-corrected chi connectivity index (χ3v) is 4.49. The Balaban J connectivity index is 1.46. The van der Waals surface area contributed by atoms with Crippen molar-refractivity contribution in [1.29, 1.82) is 0 Å². The average molecular weight is 359 g/mol. The second kappa shape index (κ2) is 8.60. The molecule has 0 saturated heterocycles. The van der Waals surface area contributed by atoms with Gasteiger partial charge in [-0.05, 0) is 25.0 Å². The van der Waals surface area contributed by atoms with Crippen molar-refractivity contribution >= 4 is 11.8 Å². The van der Waals surface area contributed by atoms with Crippen LogP contribution in [0.15, 0.2) is 34.9 Å². The number of rotatable bonds is 6. The van der Waals surface area contributed by atoms with E-state index in [1.807, 2.05) is 0 Å². The quantitative estimate of drug-likeness (QED) is 0.830. The third-order valence-electron chi connectivity index (χ3n) is 4.49. The summed E-state index contributed by atoms with van der Waals surface area (Å²) in [4.78, 5) is 24.0. The molecule has 1 aromatic carbocycles. The van der Waals surface area contributed by atoms with Gasteiger partial charge in [-0.1, -0.05) is 36.6 Å². The Kier molecular flexibility index (Phi) is 5.99. The van der Waals surface area contributed by atoms with E-state index in [0.717, 1.165) is 25.7 Å². The first-order valence-electron chi connectivity index (χ1n) is 8.92. The van der Waals surface area contributed by atoms with Crippen LogP contribution in [0.5, 0.6) is 0 Å².